The molecule has 3 aromatic heterocycles. The van der Waals surface area contributed by atoms with Gasteiger partial charge in [0, 0.05) is 35.6 Å². The summed E-state index contributed by atoms with van der Waals surface area (Å²) in [6, 6.07) is 27.5. The van der Waals surface area contributed by atoms with Gasteiger partial charge >= 0.3 is 0 Å². The number of tetrazole rings is 1. The number of benzene rings is 3. The molecule has 0 spiro atoms. The fraction of sp³-hybridized carbons (Fsp3) is 0.194. The first-order valence-electron chi connectivity index (χ1n) is 13.2. The van der Waals surface area contributed by atoms with Crippen molar-refractivity contribution >= 4 is 17.1 Å². The highest BCUT2D eigenvalue weighted by molar-refractivity contribution is 5.91. The van der Waals surface area contributed by atoms with Gasteiger partial charge in [-0.1, -0.05) is 80.1 Å². The van der Waals surface area contributed by atoms with Gasteiger partial charge in [0.1, 0.15) is 5.52 Å². The number of oxazole rings is 1. The molecule has 0 aliphatic heterocycles. The third-order valence-corrected chi connectivity index (χ3v) is 7.06. The Balaban J connectivity index is 1.33. The molecule has 3 heterocycles. The van der Waals surface area contributed by atoms with Crippen LogP contribution in [0.1, 0.15) is 38.3 Å². The Bertz CT molecular complexity index is 1660. The number of para-hydroxylation sites is 1. The second-order valence-electron chi connectivity index (χ2n) is 9.52. The van der Waals surface area contributed by atoms with Crippen molar-refractivity contribution in [3.8, 4) is 33.6 Å². The molecule has 1 atom stereocenters. The molecular formula is C31H29N7O. The first kappa shape index (κ1) is 24.5. The van der Waals surface area contributed by atoms with Gasteiger partial charge in [0.15, 0.2) is 5.58 Å². The molecule has 0 bridgehead atoms. The van der Waals surface area contributed by atoms with Crippen LogP contribution in [-0.4, -0.2) is 37.1 Å². The van der Waals surface area contributed by atoms with Gasteiger partial charge in [0.2, 0.25) is 5.82 Å². The molecular weight excluding hydrogens is 486 g/mol. The summed E-state index contributed by atoms with van der Waals surface area (Å²) in [6.07, 6.45) is 5.75. The number of hydrogen-bond donors (Lipinski definition) is 1. The van der Waals surface area contributed by atoms with Gasteiger partial charge in [-0.15, -0.1) is 10.2 Å². The van der Waals surface area contributed by atoms with Crippen LogP contribution in [0.3, 0.4) is 0 Å². The molecule has 0 aliphatic carbocycles. The van der Waals surface area contributed by atoms with E-state index >= 15 is 0 Å². The molecule has 0 amide bonds. The van der Waals surface area contributed by atoms with Crippen molar-refractivity contribution in [2.45, 2.75) is 32.7 Å². The Hall–Kier alpha value is -4.85. The molecule has 0 saturated carbocycles. The molecule has 1 N–H and O–H groups in total. The molecule has 0 unspecified atom stereocenters. The van der Waals surface area contributed by atoms with Gasteiger partial charge in [-0.3, -0.25) is 4.98 Å². The monoisotopic (exact) mass is 515 g/mol. The molecule has 6 aromatic rings. The number of pyridine rings is 1. The van der Waals surface area contributed by atoms with Gasteiger partial charge in [-0.25, -0.2) is 0 Å². The van der Waals surface area contributed by atoms with Crippen LogP contribution < -0.4 is 4.90 Å². The fourth-order valence-electron chi connectivity index (χ4n) is 4.92. The first-order chi connectivity index (χ1) is 19.2. The van der Waals surface area contributed by atoms with E-state index in [-0.39, 0.29) is 6.04 Å². The summed E-state index contributed by atoms with van der Waals surface area (Å²) in [6.45, 7) is 5.25. The van der Waals surface area contributed by atoms with Gasteiger partial charge in [-0.2, -0.15) is 10.2 Å². The summed E-state index contributed by atoms with van der Waals surface area (Å²) in [5, 5.41) is 14.6. The first-order valence-corrected chi connectivity index (χ1v) is 13.2. The lowest BCUT2D eigenvalue weighted by atomic mass is 9.97. The number of nitrogens with one attached hydrogen (secondary N) is 1. The van der Waals surface area contributed by atoms with Crippen LogP contribution in [0, 0.1) is 0 Å². The number of unbranched alkanes of at least 4 members (excludes halogenated alkanes) is 1. The van der Waals surface area contributed by atoms with E-state index in [0.29, 0.717) is 11.8 Å². The van der Waals surface area contributed by atoms with Crippen molar-refractivity contribution in [3.05, 3.63) is 96.8 Å². The number of hydrogen-bond acceptors (Lipinski definition) is 7. The molecule has 39 heavy (non-hydrogen) atoms. The predicted octanol–water partition coefficient (Wildman–Crippen LogP) is 7.10. The normalized spacial score (nSPS) is 12.1. The van der Waals surface area contributed by atoms with Gasteiger partial charge in [-0.05, 0) is 47.4 Å². The average Bonchev–Trinajstić information content (AvgIpc) is 3.68. The number of aromatic amines is 1. The molecule has 0 radical (unpaired) electrons. The SMILES string of the molecule is CCCCN(c1nc2c(-c3cccnc3)cccc2o1)[C@H](C)c1ccc(-c2ccccc2-c2nn[nH]n2)cc1. The van der Waals surface area contributed by atoms with Crippen LogP contribution in [0.4, 0.5) is 6.01 Å². The van der Waals surface area contributed by atoms with Crippen LogP contribution >= 0.6 is 0 Å². The van der Waals surface area contributed by atoms with Crippen molar-refractivity contribution in [2.24, 2.45) is 0 Å². The van der Waals surface area contributed by atoms with Crippen molar-refractivity contribution in [2.75, 3.05) is 11.4 Å². The molecule has 6 rings (SSSR count). The highest BCUT2D eigenvalue weighted by Gasteiger charge is 2.23. The number of rotatable bonds is 9. The maximum Gasteiger partial charge on any atom is 0.298 e. The Morgan fingerprint density at radius 2 is 1.69 bits per heavy atom. The average molecular weight is 516 g/mol. The van der Waals surface area contributed by atoms with Crippen LogP contribution in [-0.2, 0) is 0 Å². The Kier molecular flexibility index (Phi) is 6.82. The Morgan fingerprint density at radius 1 is 0.872 bits per heavy atom. The van der Waals surface area contributed by atoms with Crippen LogP contribution in [0.25, 0.3) is 44.7 Å². The van der Waals surface area contributed by atoms with E-state index in [1.807, 2.05) is 48.7 Å². The van der Waals surface area contributed by atoms with Crippen LogP contribution in [0.5, 0.6) is 0 Å². The summed E-state index contributed by atoms with van der Waals surface area (Å²) in [4.78, 5) is 11.6. The van der Waals surface area contributed by atoms with E-state index in [4.69, 9.17) is 9.40 Å². The molecule has 194 valence electrons. The van der Waals surface area contributed by atoms with Crippen LogP contribution in [0.2, 0.25) is 0 Å². The number of H-pyrrole nitrogens is 1. The highest BCUT2D eigenvalue weighted by Crippen LogP contribution is 2.35. The van der Waals surface area contributed by atoms with Crippen molar-refractivity contribution in [1.82, 2.24) is 30.6 Å². The second kappa shape index (κ2) is 10.9. The lowest BCUT2D eigenvalue weighted by molar-refractivity contribution is 0.524. The summed E-state index contributed by atoms with van der Waals surface area (Å²) in [7, 11) is 0. The topological polar surface area (TPSA) is 96.6 Å². The minimum absolute atomic E-state index is 0.0629. The minimum atomic E-state index is 0.0629. The standard InChI is InChI=1S/C31H29N7O/c1-3-4-19-38(31-33-29-26(12-7-13-28(29)39-31)24-9-8-18-32-20-24)21(2)22-14-16-23(17-15-22)25-10-5-6-11-27(25)30-34-36-37-35-30/h5-18,20-21H,3-4,19H2,1-2H3,(H,34,35,36,37)/t21-/m1/s1. The maximum absolute atomic E-state index is 6.35. The van der Waals surface area contributed by atoms with Crippen molar-refractivity contribution < 1.29 is 4.42 Å². The maximum atomic E-state index is 6.35. The van der Waals surface area contributed by atoms with Crippen molar-refractivity contribution in [1.29, 1.82) is 0 Å². The number of fused-ring (bicyclic) bond motifs is 1. The Labute approximate surface area is 226 Å². The largest absolute Gasteiger partial charge is 0.423 e. The molecule has 8 nitrogen and oxygen atoms in total. The molecule has 0 saturated heterocycles. The number of nitrogens with zero attached hydrogens (tertiary/aromatic N) is 6. The number of anilines is 1. The quantitative estimate of drug-likeness (QED) is 0.219. The zero-order chi connectivity index (χ0) is 26.6. The van der Waals surface area contributed by atoms with Gasteiger partial charge in [0.25, 0.3) is 6.01 Å². The summed E-state index contributed by atoms with van der Waals surface area (Å²) in [5.41, 5.74) is 7.93. The summed E-state index contributed by atoms with van der Waals surface area (Å²) >= 11 is 0. The zero-order valence-corrected chi connectivity index (χ0v) is 22.0. The third-order valence-electron chi connectivity index (χ3n) is 7.06. The van der Waals surface area contributed by atoms with E-state index in [2.05, 4.69) is 80.8 Å². The van der Waals surface area contributed by atoms with E-state index in [0.717, 1.165) is 58.3 Å². The predicted molar refractivity (Wildman–Crippen MR) is 153 cm³/mol. The third kappa shape index (κ3) is 4.88. The van der Waals surface area contributed by atoms with E-state index in [9.17, 15) is 0 Å². The lowest BCUT2D eigenvalue weighted by Gasteiger charge is -2.28. The second-order valence-corrected chi connectivity index (χ2v) is 9.52. The summed E-state index contributed by atoms with van der Waals surface area (Å²) < 4.78 is 6.35. The zero-order valence-electron chi connectivity index (χ0n) is 22.0. The van der Waals surface area contributed by atoms with Gasteiger partial charge < -0.3 is 9.32 Å². The molecule has 0 fully saturated rings. The molecule has 0 aliphatic rings. The number of aromatic nitrogens is 6. The smallest absolute Gasteiger partial charge is 0.298 e. The highest BCUT2D eigenvalue weighted by atomic mass is 16.4. The molecule has 8 heteroatoms. The van der Waals surface area contributed by atoms with Crippen LogP contribution in [0.15, 0.2) is 95.7 Å². The van der Waals surface area contributed by atoms with E-state index in [1.165, 1.54) is 5.56 Å². The molecule has 3 aromatic carbocycles. The van der Waals surface area contributed by atoms with E-state index < -0.39 is 0 Å². The Morgan fingerprint density at radius 3 is 2.44 bits per heavy atom. The van der Waals surface area contributed by atoms with Crippen molar-refractivity contribution in [3.63, 3.8) is 0 Å². The van der Waals surface area contributed by atoms with Gasteiger partial charge in [0.05, 0.1) is 6.04 Å². The summed E-state index contributed by atoms with van der Waals surface area (Å²) in [5.74, 6) is 0.579. The van der Waals surface area contributed by atoms with E-state index in [1.54, 1.807) is 6.20 Å². The minimum Gasteiger partial charge on any atom is -0.423 e. The lowest BCUT2D eigenvalue weighted by Crippen LogP contribution is -2.28. The fourth-order valence-corrected chi connectivity index (χ4v) is 4.92.